The van der Waals surface area contributed by atoms with E-state index in [1.165, 1.54) is 0 Å². The molecule has 0 fully saturated rings. The van der Waals surface area contributed by atoms with E-state index in [4.69, 9.17) is 0 Å². The molecule has 0 aromatic heterocycles. The molecular formula is C22H14F2. The normalized spacial score (nSPS) is 12.4. The molecule has 0 saturated heterocycles. The smallest absolute Gasteiger partial charge is 0.166 e. The SMILES string of the molecule is FC(=C(F)c1ccc2ccccc2c1)c1ccc2ccccc2c1. The van der Waals surface area contributed by atoms with Crippen molar-refractivity contribution in [2.45, 2.75) is 0 Å². The maximum atomic E-state index is 14.6. The molecule has 0 aliphatic heterocycles. The first-order valence-corrected chi connectivity index (χ1v) is 7.76. The van der Waals surface area contributed by atoms with E-state index < -0.39 is 11.7 Å². The summed E-state index contributed by atoms with van der Waals surface area (Å²) in [7, 11) is 0. The molecule has 0 saturated carbocycles. The molecule has 0 atom stereocenters. The number of hydrogen-bond donors (Lipinski definition) is 0. The van der Waals surface area contributed by atoms with Crippen LogP contribution in [0.25, 0.3) is 33.2 Å². The van der Waals surface area contributed by atoms with Crippen LogP contribution in [0.4, 0.5) is 8.78 Å². The fraction of sp³-hybridized carbons (Fsp3) is 0. The van der Waals surface area contributed by atoms with E-state index in [1.54, 1.807) is 36.4 Å². The summed E-state index contributed by atoms with van der Waals surface area (Å²) in [6, 6.07) is 25.4. The molecule has 0 aliphatic rings. The lowest BCUT2D eigenvalue weighted by molar-refractivity contribution is 0.700. The molecule has 0 unspecified atom stereocenters. The molecule has 116 valence electrons. The van der Waals surface area contributed by atoms with Crippen molar-refractivity contribution >= 4 is 33.2 Å². The van der Waals surface area contributed by atoms with E-state index in [-0.39, 0.29) is 11.1 Å². The van der Waals surface area contributed by atoms with Gasteiger partial charge in [0.2, 0.25) is 0 Å². The predicted molar refractivity (Wildman–Crippen MR) is 96.9 cm³/mol. The van der Waals surface area contributed by atoms with Gasteiger partial charge in [0.05, 0.1) is 0 Å². The summed E-state index contributed by atoms with van der Waals surface area (Å²) < 4.78 is 29.3. The van der Waals surface area contributed by atoms with Crippen LogP contribution in [0.3, 0.4) is 0 Å². The number of halogens is 2. The molecule has 0 N–H and O–H groups in total. The van der Waals surface area contributed by atoms with Crippen LogP contribution < -0.4 is 0 Å². The van der Waals surface area contributed by atoms with Crippen molar-refractivity contribution in [3.8, 4) is 0 Å². The molecule has 0 amide bonds. The lowest BCUT2D eigenvalue weighted by Gasteiger charge is -2.05. The standard InChI is InChI=1S/C22H14F2/c23-21(19-11-9-15-5-1-3-7-17(15)13-19)22(24)20-12-10-16-6-2-4-8-18(16)14-20/h1-14H. The highest BCUT2D eigenvalue weighted by Crippen LogP contribution is 2.31. The van der Waals surface area contributed by atoms with E-state index in [0.29, 0.717) is 0 Å². The van der Waals surface area contributed by atoms with Gasteiger partial charge in [-0.2, -0.15) is 0 Å². The summed E-state index contributed by atoms with van der Waals surface area (Å²) in [6.07, 6.45) is 0. The topological polar surface area (TPSA) is 0 Å². The Labute approximate surface area is 138 Å². The fourth-order valence-electron chi connectivity index (χ4n) is 2.91. The lowest BCUT2D eigenvalue weighted by Crippen LogP contribution is -1.86. The van der Waals surface area contributed by atoms with Gasteiger partial charge in [-0.05, 0) is 33.7 Å². The molecular weight excluding hydrogens is 302 g/mol. The van der Waals surface area contributed by atoms with Crippen LogP contribution >= 0.6 is 0 Å². The second-order valence-corrected chi connectivity index (χ2v) is 5.75. The first-order chi connectivity index (χ1) is 11.7. The maximum Gasteiger partial charge on any atom is 0.166 e. The predicted octanol–water partition coefficient (Wildman–Crippen LogP) is 6.76. The van der Waals surface area contributed by atoms with E-state index >= 15 is 0 Å². The van der Waals surface area contributed by atoms with Gasteiger partial charge < -0.3 is 0 Å². The summed E-state index contributed by atoms with van der Waals surface area (Å²) in [4.78, 5) is 0. The molecule has 0 bridgehead atoms. The second kappa shape index (κ2) is 5.89. The number of hydrogen-bond acceptors (Lipinski definition) is 0. The van der Waals surface area contributed by atoms with Crippen molar-refractivity contribution in [1.29, 1.82) is 0 Å². The highest BCUT2D eigenvalue weighted by Gasteiger charge is 2.12. The van der Waals surface area contributed by atoms with Crippen LogP contribution in [0.1, 0.15) is 11.1 Å². The van der Waals surface area contributed by atoms with Crippen LogP contribution in [0.15, 0.2) is 84.9 Å². The van der Waals surface area contributed by atoms with Crippen LogP contribution in [0.2, 0.25) is 0 Å². The Bertz CT molecular complexity index is 990. The van der Waals surface area contributed by atoms with Crippen LogP contribution in [-0.2, 0) is 0 Å². The first kappa shape index (κ1) is 14.6. The third kappa shape index (κ3) is 2.56. The minimum atomic E-state index is -0.837. The monoisotopic (exact) mass is 316 g/mol. The van der Waals surface area contributed by atoms with Crippen LogP contribution in [0, 0.1) is 0 Å². The summed E-state index contributed by atoms with van der Waals surface area (Å²) in [5.74, 6) is -1.67. The van der Waals surface area contributed by atoms with Gasteiger partial charge in [-0.25, -0.2) is 8.78 Å². The molecule has 4 aromatic rings. The second-order valence-electron chi connectivity index (χ2n) is 5.75. The zero-order chi connectivity index (χ0) is 16.5. The van der Waals surface area contributed by atoms with Crippen LogP contribution in [-0.4, -0.2) is 0 Å². The molecule has 4 rings (SSSR count). The number of rotatable bonds is 2. The fourth-order valence-corrected chi connectivity index (χ4v) is 2.91. The Morgan fingerprint density at radius 2 is 0.833 bits per heavy atom. The van der Waals surface area contributed by atoms with Gasteiger partial charge in [0.1, 0.15) is 0 Å². The Kier molecular flexibility index (Phi) is 3.58. The first-order valence-electron chi connectivity index (χ1n) is 7.76. The number of benzene rings is 4. The quantitative estimate of drug-likeness (QED) is 0.358. The van der Waals surface area contributed by atoms with Crippen molar-refractivity contribution in [3.63, 3.8) is 0 Å². The van der Waals surface area contributed by atoms with Gasteiger partial charge >= 0.3 is 0 Å². The van der Waals surface area contributed by atoms with E-state index in [1.807, 2.05) is 48.5 Å². The number of fused-ring (bicyclic) bond motifs is 2. The zero-order valence-corrected chi connectivity index (χ0v) is 12.8. The largest absolute Gasteiger partial charge is 0.203 e. The molecule has 0 heterocycles. The van der Waals surface area contributed by atoms with Crippen molar-refractivity contribution in [3.05, 3.63) is 96.1 Å². The third-order valence-corrected chi connectivity index (χ3v) is 4.20. The average molecular weight is 316 g/mol. The average Bonchev–Trinajstić information content (AvgIpc) is 2.66. The van der Waals surface area contributed by atoms with Gasteiger partial charge in [0.25, 0.3) is 0 Å². The molecule has 24 heavy (non-hydrogen) atoms. The van der Waals surface area contributed by atoms with Crippen molar-refractivity contribution in [2.75, 3.05) is 0 Å². The van der Waals surface area contributed by atoms with E-state index in [9.17, 15) is 8.78 Å². The Morgan fingerprint density at radius 1 is 0.458 bits per heavy atom. The summed E-state index contributed by atoms with van der Waals surface area (Å²) in [6.45, 7) is 0. The van der Waals surface area contributed by atoms with E-state index in [2.05, 4.69) is 0 Å². The summed E-state index contributed by atoms with van der Waals surface area (Å²) in [5, 5.41) is 3.77. The minimum Gasteiger partial charge on any atom is -0.203 e. The summed E-state index contributed by atoms with van der Waals surface area (Å²) >= 11 is 0. The van der Waals surface area contributed by atoms with Gasteiger partial charge in [0, 0.05) is 11.1 Å². The molecule has 0 radical (unpaired) electrons. The van der Waals surface area contributed by atoms with Crippen molar-refractivity contribution in [1.82, 2.24) is 0 Å². The maximum absolute atomic E-state index is 14.6. The minimum absolute atomic E-state index is 0.249. The van der Waals surface area contributed by atoms with Crippen LogP contribution in [0.5, 0.6) is 0 Å². The molecule has 2 heteroatoms. The highest BCUT2D eigenvalue weighted by molar-refractivity contribution is 5.92. The molecule has 0 nitrogen and oxygen atoms in total. The molecule has 0 spiro atoms. The van der Waals surface area contributed by atoms with Gasteiger partial charge in [0.15, 0.2) is 11.7 Å². The Balaban J connectivity index is 1.82. The molecule has 4 aromatic carbocycles. The van der Waals surface area contributed by atoms with Gasteiger partial charge in [-0.1, -0.05) is 72.8 Å². The van der Waals surface area contributed by atoms with Crippen molar-refractivity contribution in [2.24, 2.45) is 0 Å². The third-order valence-electron chi connectivity index (χ3n) is 4.20. The van der Waals surface area contributed by atoms with Gasteiger partial charge in [-0.15, -0.1) is 0 Å². The Hall–Kier alpha value is -3.00. The summed E-state index contributed by atoms with van der Waals surface area (Å²) in [5.41, 5.74) is 0.499. The van der Waals surface area contributed by atoms with E-state index in [0.717, 1.165) is 21.5 Å². The lowest BCUT2D eigenvalue weighted by atomic mass is 10.0. The van der Waals surface area contributed by atoms with Crippen molar-refractivity contribution < 1.29 is 8.78 Å². The highest BCUT2D eigenvalue weighted by atomic mass is 19.2. The Morgan fingerprint density at radius 3 is 1.25 bits per heavy atom. The molecule has 0 aliphatic carbocycles. The van der Waals surface area contributed by atoms with Gasteiger partial charge in [-0.3, -0.25) is 0 Å². The zero-order valence-electron chi connectivity index (χ0n) is 12.8.